The fourth-order valence-electron chi connectivity index (χ4n) is 1.46. The van der Waals surface area contributed by atoms with E-state index in [0.29, 0.717) is 16.8 Å². The lowest BCUT2D eigenvalue weighted by Crippen LogP contribution is -2.13. The Labute approximate surface area is 93.8 Å². The van der Waals surface area contributed by atoms with Crippen molar-refractivity contribution >= 4 is 11.7 Å². The zero-order valence-corrected chi connectivity index (χ0v) is 9.33. The Bertz CT molecular complexity index is 429. The molecule has 0 heterocycles. The molecule has 1 N–H and O–H groups in total. The maximum atomic E-state index is 13.4. The molecule has 1 aromatic carbocycles. The van der Waals surface area contributed by atoms with Gasteiger partial charge in [0.15, 0.2) is 0 Å². The lowest BCUT2D eigenvalue weighted by atomic mass is 10.1. The molecule has 1 aromatic rings. The predicted molar refractivity (Wildman–Crippen MR) is 61.1 cm³/mol. The Morgan fingerprint density at radius 1 is 1.62 bits per heavy atom. The van der Waals surface area contributed by atoms with Gasteiger partial charge in [0, 0.05) is 12.7 Å². The topological polar surface area (TPSA) is 40.5 Å². The quantitative estimate of drug-likeness (QED) is 0.851. The van der Waals surface area contributed by atoms with Crippen molar-refractivity contribution in [1.82, 2.24) is 0 Å². The molecule has 4 heteroatoms. The van der Waals surface area contributed by atoms with Crippen LogP contribution in [0.15, 0.2) is 24.9 Å². The zero-order chi connectivity index (χ0) is 12.3. The zero-order valence-electron chi connectivity index (χ0n) is 9.33. The Hall–Kier alpha value is -1.84. The Morgan fingerprint density at radius 3 is 2.75 bits per heavy atom. The fourth-order valence-corrected chi connectivity index (χ4v) is 1.46. The van der Waals surface area contributed by atoms with Crippen LogP contribution in [0.4, 0.5) is 10.1 Å². The van der Waals surface area contributed by atoms with Gasteiger partial charge in [-0.1, -0.05) is 12.6 Å². The molecule has 1 rings (SSSR count). The molecule has 0 spiro atoms. The highest BCUT2D eigenvalue weighted by molar-refractivity contribution is 5.74. The summed E-state index contributed by atoms with van der Waals surface area (Å²) < 4.78 is 13.4. The highest BCUT2D eigenvalue weighted by Gasteiger charge is 2.12. The normalized spacial score (nSPS) is 9.94. The van der Waals surface area contributed by atoms with Gasteiger partial charge in [0.25, 0.3) is 0 Å². The molecule has 86 valence electrons. The number of halogens is 1. The lowest BCUT2D eigenvalue weighted by Gasteiger charge is -2.18. The largest absolute Gasteiger partial charge is 0.481 e. The van der Waals surface area contributed by atoms with Crippen LogP contribution < -0.4 is 4.90 Å². The summed E-state index contributed by atoms with van der Waals surface area (Å²) >= 11 is 0. The van der Waals surface area contributed by atoms with Crippen LogP contribution in [0, 0.1) is 12.7 Å². The maximum Gasteiger partial charge on any atom is 0.307 e. The SMILES string of the molecule is C=CN(C)c1cc(F)c(C)cc1CC(=O)O. The molecule has 0 aliphatic rings. The van der Waals surface area contributed by atoms with Gasteiger partial charge in [-0.05, 0) is 30.3 Å². The number of aryl methyl sites for hydroxylation is 1. The van der Waals surface area contributed by atoms with E-state index in [4.69, 9.17) is 5.11 Å². The number of anilines is 1. The number of aliphatic carboxylic acids is 1. The molecule has 0 aliphatic carbocycles. The number of hydrogen-bond donors (Lipinski definition) is 1. The Morgan fingerprint density at radius 2 is 2.25 bits per heavy atom. The highest BCUT2D eigenvalue weighted by Crippen LogP contribution is 2.24. The minimum absolute atomic E-state index is 0.130. The second-order valence-electron chi connectivity index (χ2n) is 3.59. The van der Waals surface area contributed by atoms with Gasteiger partial charge in [-0.25, -0.2) is 4.39 Å². The van der Waals surface area contributed by atoms with Crippen molar-refractivity contribution in [2.75, 3.05) is 11.9 Å². The summed E-state index contributed by atoms with van der Waals surface area (Å²) in [6, 6.07) is 2.88. The third-order valence-electron chi connectivity index (χ3n) is 2.36. The summed E-state index contributed by atoms with van der Waals surface area (Å²) in [5.74, 6) is -1.29. The summed E-state index contributed by atoms with van der Waals surface area (Å²) in [6.07, 6.45) is 1.38. The van der Waals surface area contributed by atoms with E-state index < -0.39 is 5.97 Å². The first-order valence-electron chi connectivity index (χ1n) is 4.82. The van der Waals surface area contributed by atoms with Crippen molar-refractivity contribution < 1.29 is 14.3 Å². The van der Waals surface area contributed by atoms with E-state index in [1.54, 1.807) is 24.9 Å². The molecule has 0 atom stereocenters. The van der Waals surface area contributed by atoms with Gasteiger partial charge in [0.05, 0.1) is 6.42 Å². The molecule has 0 fully saturated rings. The Kier molecular flexibility index (Phi) is 3.66. The van der Waals surface area contributed by atoms with Crippen LogP contribution in [0.2, 0.25) is 0 Å². The molecule has 0 radical (unpaired) electrons. The summed E-state index contributed by atoms with van der Waals surface area (Å²) in [5.41, 5.74) is 1.55. The number of nitrogens with zero attached hydrogens (tertiary/aromatic N) is 1. The minimum atomic E-state index is -0.940. The first-order valence-corrected chi connectivity index (χ1v) is 4.82. The number of carbonyl (C=O) groups is 1. The van der Waals surface area contributed by atoms with Gasteiger partial charge in [-0.15, -0.1) is 0 Å². The molecule has 0 aromatic heterocycles. The van der Waals surface area contributed by atoms with Crippen molar-refractivity contribution in [3.63, 3.8) is 0 Å². The van der Waals surface area contributed by atoms with E-state index in [2.05, 4.69) is 6.58 Å². The van der Waals surface area contributed by atoms with Crippen molar-refractivity contribution in [2.45, 2.75) is 13.3 Å². The molecule has 0 saturated heterocycles. The Balaban J connectivity index is 3.26. The second kappa shape index (κ2) is 4.79. The van der Waals surface area contributed by atoms with Crippen molar-refractivity contribution in [3.8, 4) is 0 Å². The fraction of sp³-hybridized carbons (Fsp3) is 0.250. The molecular formula is C12H14FNO2. The van der Waals surface area contributed by atoms with Gasteiger partial charge in [0.2, 0.25) is 0 Å². The van der Waals surface area contributed by atoms with Gasteiger partial charge in [0.1, 0.15) is 5.82 Å². The van der Waals surface area contributed by atoms with Crippen LogP contribution in [-0.4, -0.2) is 18.1 Å². The molecule has 0 saturated carbocycles. The van der Waals surface area contributed by atoms with Crippen LogP contribution in [0.3, 0.4) is 0 Å². The van der Waals surface area contributed by atoms with Crippen LogP contribution in [0.25, 0.3) is 0 Å². The summed E-state index contributed by atoms with van der Waals surface area (Å²) in [5, 5.41) is 8.77. The molecule has 3 nitrogen and oxygen atoms in total. The first-order chi connectivity index (χ1) is 7.45. The van der Waals surface area contributed by atoms with E-state index in [0.717, 1.165) is 0 Å². The standard InChI is InChI=1S/C12H14FNO2/c1-4-14(3)11-7-10(13)8(2)5-9(11)6-12(15)16/h4-5,7H,1,6H2,2-3H3,(H,15,16). The monoisotopic (exact) mass is 223 g/mol. The molecule has 0 aliphatic heterocycles. The van der Waals surface area contributed by atoms with Gasteiger partial charge < -0.3 is 10.0 Å². The van der Waals surface area contributed by atoms with Crippen molar-refractivity contribution in [1.29, 1.82) is 0 Å². The van der Waals surface area contributed by atoms with Crippen LogP contribution in [-0.2, 0) is 11.2 Å². The molecule has 0 unspecified atom stereocenters. The summed E-state index contributed by atoms with van der Waals surface area (Å²) in [7, 11) is 1.70. The maximum absolute atomic E-state index is 13.4. The third kappa shape index (κ3) is 2.59. The molecule has 0 bridgehead atoms. The van der Waals surface area contributed by atoms with Crippen molar-refractivity contribution in [3.05, 3.63) is 41.9 Å². The van der Waals surface area contributed by atoms with E-state index in [-0.39, 0.29) is 12.2 Å². The number of hydrogen-bond acceptors (Lipinski definition) is 2. The number of carboxylic acid groups (broad SMARTS) is 1. The van der Waals surface area contributed by atoms with Gasteiger partial charge in [-0.2, -0.15) is 0 Å². The van der Waals surface area contributed by atoms with E-state index in [1.165, 1.54) is 12.3 Å². The third-order valence-corrected chi connectivity index (χ3v) is 2.36. The second-order valence-corrected chi connectivity index (χ2v) is 3.59. The van der Waals surface area contributed by atoms with Gasteiger partial charge >= 0.3 is 5.97 Å². The van der Waals surface area contributed by atoms with E-state index in [9.17, 15) is 9.18 Å². The predicted octanol–water partition coefficient (Wildman–Crippen LogP) is 2.34. The van der Waals surface area contributed by atoms with Crippen molar-refractivity contribution in [2.24, 2.45) is 0 Å². The smallest absolute Gasteiger partial charge is 0.307 e. The minimum Gasteiger partial charge on any atom is -0.481 e. The molecule has 16 heavy (non-hydrogen) atoms. The van der Waals surface area contributed by atoms with Crippen LogP contribution >= 0.6 is 0 Å². The highest BCUT2D eigenvalue weighted by atomic mass is 19.1. The van der Waals surface area contributed by atoms with E-state index >= 15 is 0 Å². The van der Waals surface area contributed by atoms with E-state index in [1.807, 2.05) is 0 Å². The lowest BCUT2D eigenvalue weighted by molar-refractivity contribution is -0.136. The molecule has 0 amide bonds. The average Bonchev–Trinajstić information content (AvgIpc) is 2.21. The summed E-state index contributed by atoms with van der Waals surface area (Å²) in [4.78, 5) is 12.3. The number of carboxylic acids is 1. The first kappa shape index (κ1) is 12.2. The van der Waals surface area contributed by atoms with Crippen LogP contribution in [0.1, 0.15) is 11.1 Å². The average molecular weight is 223 g/mol. The van der Waals surface area contributed by atoms with Crippen LogP contribution in [0.5, 0.6) is 0 Å². The van der Waals surface area contributed by atoms with Gasteiger partial charge in [-0.3, -0.25) is 4.79 Å². The molecular weight excluding hydrogens is 209 g/mol. The number of rotatable bonds is 4. The number of benzene rings is 1. The summed E-state index contributed by atoms with van der Waals surface area (Å²) in [6.45, 7) is 5.17.